The second kappa shape index (κ2) is 11.2. The van der Waals surface area contributed by atoms with Gasteiger partial charge in [-0.05, 0) is 47.5 Å². The summed E-state index contributed by atoms with van der Waals surface area (Å²) in [4.78, 5) is 13.5. The third-order valence-corrected chi connectivity index (χ3v) is 6.40. The number of rotatable bonds is 9. The number of hydrogen-bond acceptors (Lipinski definition) is 3. The van der Waals surface area contributed by atoms with Crippen LogP contribution in [-0.4, -0.2) is 18.2 Å². The average Bonchev–Trinajstić information content (AvgIpc) is 2.73. The van der Waals surface area contributed by atoms with Gasteiger partial charge in [0.2, 0.25) is 0 Å². The SMILES string of the molecule is O=C(NCCSCc1cccc(Cl)c1)c1ccc(CSc2ccccc2)cc1. The highest BCUT2D eigenvalue weighted by Gasteiger charge is 2.05. The van der Waals surface area contributed by atoms with Gasteiger partial charge in [0.15, 0.2) is 0 Å². The van der Waals surface area contributed by atoms with Gasteiger partial charge in [-0.25, -0.2) is 0 Å². The Hall–Kier alpha value is -1.88. The molecule has 0 spiro atoms. The first-order valence-corrected chi connectivity index (χ1v) is 11.6. The maximum Gasteiger partial charge on any atom is 0.251 e. The molecule has 28 heavy (non-hydrogen) atoms. The van der Waals surface area contributed by atoms with Crippen molar-refractivity contribution in [2.24, 2.45) is 0 Å². The summed E-state index contributed by atoms with van der Waals surface area (Å²) in [6, 6.07) is 26.1. The smallest absolute Gasteiger partial charge is 0.251 e. The van der Waals surface area contributed by atoms with E-state index in [2.05, 4.69) is 23.5 Å². The Kier molecular flexibility index (Phi) is 8.34. The van der Waals surface area contributed by atoms with Crippen LogP contribution in [0.5, 0.6) is 0 Å². The lowest BCUT2D eigenvalue weighted by molar-refractivity contribution is 0.0956. The lowest BCUT2D eigenvalue weighted by atomic mass is 10.1. The van der Waals surface area contributed by atoms with E-state index in [0.29, 0.717) is 12.1 Å². The number of thioether (sulfide) groups is 2. The first-order valence-electron chi connectivity index (χ1n) is 9.08. The standard InChI is InChI=1S/C23H22ClNOS2/c24-21-6-4-5-19(15-21)16-27-14-13-25-23(26)20-11-9-18(10-12-20)17-28-22-7-2-1-3-8-22/h1-12,15H,13-14,16-17H2,(H,25,26). The minimum absolute atomic E-state index is 0.0226. The maximum absolute atomic E-state index is 12.3. The molecule has 3 rings (SSSR count). The molecule has 1 amide bonds. The predicted octanol–water partition coefficient (Wildman–Crippen LogP) is 6.30. The van der Waals surface area contributed by atoms with E-state index in [1.807, 2.05) is 60.7 Å². The van der Waals surface area contributed by atoms with E-state index in [0.717, 1.165) is 22.3 Å². The number of nitrogens with one attached hydrogen (secondary N) is 1. The number of carbonyl (C=O) groups is 1. The molecule has 0 unspecified atom stereocenters. The van der Waals surface area contributed by atoms with Gasteiger partial charge in [-0.3, -0.25) is 4.79 Å². The number of hydrogen-bond donors (Lipinski definition) is 1. The predicted molar refractivity (Wildman–Crippen MR) is 122 cm³/mol. The van der Waals surface area contributed by atoms with Crippen LogP contribution in [0.3, 0.4) is 0 Å². The minimum Gasteiger partial charge on any atom is -0.351 e. The van der Waals surface area contributed by atoms with E-state index in [9.17, 15) is 4.79 Å². The van der Waals surface area contributed by atoms with Crippen LogP contribution in [0, 0.1) is 0 Å². The Labute approximate surface area is 180 Å². The van der Waals surface area contributed by atoms with Crippen molar-refractivity contribution < 1.29 is 4.79 Å². The molecular formula is C23H22ClNOS2. The van der Waals surface area contributed by atoms with Gasteiger partial charge in [0.05, 0.1) is 0 Å². The Morgan fingerprint density at radius 3 is 2.39 bits per heavy atom. The van der Waals surface area contributed by atoms with Crippen LogP contribution >= 0.6 is 35.1 Å². The molecular weight excluding hydrogens is 406 g/mol. The van der Waals surface area contributed by atoms with Crippen LogP contribution in [0.15, 0.2) is 83.8 Å². The fourth-order valence-electron chi connectivity index (χ4n) is 2.59. The summed E-state index contributed by atoms with van der Waals surface area (Å²) in [6.45, 7) is 0.648. The lowest BCUT2D eigenvalue weighted by Gasteiger charge is -2.07. The summed E-state index contributed by atoms with van der Waals surface area (Å²) < 4.78 is 0. The normalized spacial score (nSPS) is 10.6. The molecule has 0 heterocycles. The fraction of sp³-hybridized carbons (Fsp3) is 0.174. The van der Waals surface area contributed by atoms with E-state index in [4.69, 9.17) is 11.6 Å². The van der Waals surface area contributed by atoms with E-state index >= 15 is 0 Å². The highest BCUT2D eigenvalue weighted by Crippen LogP contribution is 2.22. The van der Waals surface area contributed by atoms with Gasteiger partial charge in [0.1, 0.15) is 0 Å². The summed E-state index contributed by atoms with van der Waals surface area (Å²) in [7, 11) is 0. The molecule has 3 aromatic rings. The monoisotopic (exact) mass is 427 g/mol. The minimum atomic E-state index is -0.0226. The first-order chi connectivity index (χ1) is 13.7. The van der Waals surface area contributed by atoms with Crippen LogP contribution in [0.1, 0.15) is 21.5 Å². The van der Waals surface area contributed by atoms with Gasteiger partial charge in [-0.15, -0.1) is 11.8 Å². The molecule has 2 nitrogen and oxygen atoms in total. The Bertz CT molecular complexity index is 885. The zero-order valence-corrected chi connectivity index (χ0v) is 17.8. The van der Waals surface area contributed by atoms with Crippen molar-refractivity contribution >= 4 is 41.0 Å². The van der Waals surface area contributed by atoms with Gasteiger partial charge in [-0.2, -0.15) is 11.8 Å². The lowest BCUT2D eigenvalue weighted by Crippen LogP contribution is -2.25. The number of amides is 1. The average molecular weight is 428 g/mol. The molecule has 0 aliphatic rings. The Morgan fingerprint density at radius 1 is 0.857 bits per heavy atom. The highest BCUT2D eigenvalue weighted by molar-refractivity contribution is 7.98. The third kappa shape index (κ3) is 6.93. The zero-order chi connectivity index (χ0) is 19.6. The number of carbonyl (C=O) groups excluding carboxylic acids is 1. The summed E-state index contributed by atoms with van der Waals surface area (Å²) >= 11 is 9.57. The van der Waals surface area contributed by atoms with Crippen LogP contribution in [0.4, 0.5) is 0 Å². The largest absolute Gasteiger partial charge is 0.351 e. The molecule has 0 saturated heterocycles. The van der Waals surface area contributed by atoms with E-state index in [1.165, 1.54) is 16.0 Å². The maximum atomic E-state index is 12.3. The Morgan fingerprint density at radius 2 is 1.64 bits per heavy atom. The molecule has 0 fully saturated rings. The number of benzene rings is 3. The van der Waals surface area contributed by atoms with Gasteiger partial charge >= 0.3 is 0 Å². The first kappa shape index (κ1) is 20.8. The summed E-state index contributed by atoms with van der Waals surface area (Å²) in [6.07, 6.45) is 0. The molecule has 3 aromatic carbocycles. The van der Waals surface area contributed by atoms with Crippen molar-refractivity contribution in [3.8, 4) is 0 Å². The third-order valence-electron chi connectivity index (χ3n) is 4.05. The van der Waals surface area contributed by atoms with Crippen molar-refractivity contribution in [3.05, 3.63) is 101 Å². The molecule has 0 saturated carbocycles. The quantitative estimate of drug-likeness (QED) is 0.321. The van der Waals surface area contributed by atoms with Gasteiger partial charge in [0, 0.05) is 39.3 Å². The van der Waals surface area contributed by atoms with Crippen molar-refractivity contribution in [2.45, 2.75) is 16.4 Å². The van der Waals surface area contributed by atoms with Gasteiger partial charge in [-0.1, -0.05) is 54.1 Å². The molecule has 1 N–H and O–H groups in total. The molecule has 0 radical (unpaired) electrons. The van der Waals surface area contributed by atoms with Gasteiger partial charge < -0.3 is 5.32 Å². The van der Waals surface area contributed by atoms with Gasteiger partial charge in [0.25, 0.3) is 5.91 Å². The van der Waals surface area contributed by atoms with Crippen molar-refractivity contribution in [2.75, 3.05) is 12.3 Å². The molecule has 144 valence electrons. The van der Waals surface area contributed by atoms with Crippen LogP contribution < -0.4 is 5.32 Å². The molecule has 0 aromatic heterocycles. The van der Waals surface area contributed by atoms with E-state index in [-0.39, 0.29) is 5.91 Å². The molecule has 0 aliphatic heterocycles. The second-order valence-electron chi connectivity index (χ2n) is 6.24. The molecule has 0 aliphatic carbocycles. The molecule has 0 bridgehead atoms. The van der Waals surface area contributed by atoms with Crippen molar-refractivity contribution in [1.82, 2.24) is 5.32 Å². The van der Waals surface area contributed by atoms with Crippen LogP contribution in [0.25, 0.3) is 0 Å². The summed E-state index contributed by atoms with van der Waals surface area (Å²) in [5, 5.41) is 3.74. The molecule has 0 atom stereocenters. The van der Waals surface area contributed by atoms with Crippen molar-refractivity contribution in [3.63, 3.8) is 0 Å². The second-order valence-corrected chi connectivity index (χ2v) is 8.83. The summed E-state index contributed by atoms with van der Waals surface area (Å²) in [5.41, 5.74) is 3.11. The molecule has 5 heteroatoms. The van der Waals surface area contributed by atoms with Crippen molar-refractivity contribution in [1.29, 1.82) is 0 Å². The summed E-state index contributed by atoms with van der Waals surface area (Å²) in [5.74, 6) is 2.63. The number of halogens is 1. The van der Waals surface area contributed by atoms with E-state index in [1.54, 1.807) is 23.5 Å². The van der Waals surface area contributed by atoms with Crippen LogP contribution in [-0.2, 0) is 11.5 Å². The highest BCUT2D eigenvalue weighted by atomic mass is 35.5. The van der Waals surface area contributed by atoms with Crippen LogP contribution in [0.2, 0.25) is 5.02 Å². The topological polar surface area (TPSA) is 29.1 Å². The Balaban J connectivity index is 1.37. The zero-order valence-electron chi connectivity index (χ0n) is 15.4. The van der Waals surface area contributed by atoms with E-state index < -0.39 is 0 Å². The fourth-order valence-corrected chi connectivity index (χ4v) is 4.49.